The van der Waals surface area contributed by atoms with Gasteiger partial charge in [-0.05, 0) is 23.8 Å². The summed E-state index contributed by atoms with van der Waals surface area (Å²) in [6.07, 6.45) is 6.56. The molecular weight excluding hydrogens is 246 g/mol. The predicted molar refractivity (Wildman–Crippen MR) is 84.5 cm³/mol. The van der Waals surface area contributed by atoms with Crippen LogP contribution in [0.5, 0.6) is 0 Å². The Morgan fingerprint density at radius 2 is 1.67 bits per heavy atom. The van der Waals surface area contributed by atoms with Crippen LogP contribution >= 0.6 is 10.8 Å². The first kappa shape index (κ1) is 20.0. The predicted octanol–water partition coefficient (Wildman–Crippen LogP) is 5.17. The van der Waals surface area contributed by atoms with Gasteiger partial charge in [-0.15, -0.1) is 10.8 Å². The van der Waals surface area contributed by atoms with E-state index < -0.39 is 10.8 Å². The summed E-state index contributed by atoms with van der Waals surface area (Å²) in [5.74, 6) is 0.431. The fourth-order valence-electron chi connectivity index (χ4n) is 1.84. The van der Waals surface area contributed by atoms with Crippen molar-refractivity contribution in [3.05, 3.63) is 23.1 Å². The van der Waals surface area contributed by atoms with Crippen LogP contribution in [-0.4, -0.2) is 9.11 Å². The van der Waals surface area contributed by atoms with E-state index in [1.54, 1.807) is 6.08 Å². The quantitative estimate of drug-likeness (QED) is 0.619. The highest BCUT2D eigenvalue weighted by molar-refractivity contribution is 8.25. The van der Waals surface area contributed by atoms with Gasteiger partial charge in [-0.1, -0.05) is 60.6 Å². The van der Waals surface area contributed by atoms with Gasteiger partial charge in [0.1, 0.15) is 0 Å². The Labute approximate surface area is 115 Å². The lowest BCUT2D eigenvalue weighted by molar-refractivity contribution is 0.389. The van der Waals surface area contributed by atoms with Crippen molar-refractivity contribution in [1.82, 2.24) is 0 Å². The van der Waals surface area contributed by atoms with Crippen molar-refractivity contribution < 1.29 is 9.11 Å². The Hall–Kier alpha value is -0.290. The lowest BCUT2D eigenvalue weighted by Crippen LogP contribution is -2.14. The van der Waals surface area contributed by atoms with Crippen LogP contribution in [0.2, 0.25) is 0 Å². The second kappa shape index (κ2) is 8.75. The van der Waals surface area contributed by atoms with Gasteiger partial charge in [-0.2, -0.15) is 0 Å². The molecule has 0 bridgehead atoms. The summed E-state index contributed by atoms with van der Waals surface area (Å²) < 4.78 is 18.8. The third-order valence-electron chi connectivity index (χ3n) is 2.32. The Morgan fingerprint density at radius 1 is 1.22 bits per heavy atom. The largest absolute Gasteiger partial charge is 0.282 e. The summed E-state index contributed by atoms with van der Waals surface area (Å²) >= 11 is 0. The van der Waals surface area contributed by atoms with E-state index in [0.717, 1.165) is 6.42 Å². The Bertz CT molecular complexity index is 278. The second-order valence-electron chi connectivity index (χ2n) is 4.67. The zero-order valence-electron chi connectivity index (χ0n) is 12.9. The van der Waals surface area contributed by atoms with Gasteiger partial charge in [0.2, 0.25) is 0 Å². The van der Waals surface area contributed by atoms with Gasteiger partial charge in [-0.25, -0.2) is 5.14 Å². The van der Waals surface area contributed by atoms with Crippen molar-refractivity contribution in [2.75, 3.05) is 0 Å². The molecule has 0 aromatic heterocycles. The highest BCUT2D eigenvalue weighted by Gasteiger charge is 2.24. The zero-order chi connectivity index (χ0) is 15.0. The number of hydrogen-bond acceptors (Lipinski definition) is 3. The maximum absolute atomic E-state index is 9.38. The smallest absolute Gasteiger partial charge is 0.0710 e. The van der Waals surface area contributed by atoms with Crippen LogP contribution in [0.1, 0.15) is 54.9 Å². The molecule has 0 radical (unpaired) electrons. The molecule has 0 fully saturated rings. The average Bonchev–Trinajstić information content (AvgIpc) is 2.41. The van der Waals surface area contributed by atoms with E-state index in [4.69, 9.17) is 5.14 Å². The lowest BCUT2D eigenvalue weighted by Gasteiger charge is -2.29. The van der Waals surface area contributed by atoms with Crippen molar-refractivity contribution in [1.29, 1.82) is 0 Å². The minimum Gasteiger partial charge on any atom is -0.282 e. The number of nitrogens with two attached hydrogens (primary N) is 1. The summed E-state index contributed by atoms with van der Waals surface area (Å²) in [5, 5.41) is 5.32. The molecule has 18 heavy (non-hydrogen) atoms. The molecule has 0 aromatic rings. The molecule has 110 valence electrons. The molecule has 1 atom stereocenters. The van der Waals surface area contributed by atoms with Crippen molar-refractivity contribution in [2.45, 2.75) is 54.9 Å². The first-order valence-corrected chi connectivity index (χ1v) is 8.29. The molecule has 1 rings (SSSR count). The molecule has 1 aliphatic rings. The third-order valence-corrected chi connectivity index (χ3v) is 3.26. The fraction of sp³-hybridized carbons (Fsp3) is 0.714. The van der Waals surface area contributed by atoms with E-state index in [1.165, 1.54) is 0 Å². The summed E-state index contributed by atoms with van der Waals surface area (Å²) in [6.45, 7) is 14.3. The van der Waals surface area contributed by atoms with E-state index in [-0.39, 0.29) is 5.41 Å². The monoisotopic (exact) mass is 277 g/mol. The first-order chi connectivity index (χ1) is 8.21. The molecule has 1 unspecified atom stereocenters. The molecule has 1 aliphatic carbocycles. The summed E-state index contributed by atoms with van der Waals surface area (Å²) in [5.41, 5.74) is -0.0403. The van der Waals surface area contributed by atoms with Crippen LogP contribution in [0, 0.1) is 11.3 Å². The van der Waals surface area contributed by atoms with Crippen LogP contribution in [0.15, 0.2) is 23.1 Å². The fourth-order valence-corrected chi connectivity index (χ4v) is 2.61. The lowest BCUT2D eigenvalue weighted by atomic mass is 9.84. The highest BCUT2D eigenvalue weighted by Crippen LogP contribution is 2.45. The number of rotatable bonds is 1. The van der Waals surface area contributed by atoms with E-state index in [9.17, 15) is 9.11 Å². The SMILES string of the molecule is CC.CC.CC1C=CC(S(N)(O)O)=CC(C)(C)C1. The molecule has 0 aliphatic heterocycles. The van der Waals surface area contributed by atoms with Crippen molar-refractivity contribution >= 4 is 10.8 Å². The molecule has 0 heterocycles. The Morgan fingerprint density at radius 3 is 2.06 bits per heavy atom. The van der Waals surface area contributed by atoms with Crippen molar-refractivity contribution in [3.63, 3.8) is 0 Å². The molecule has 0 saturated carbocycles. The van der Waals surface area contributed by atoms with E-state index in [2.05, 4.69) is 20.8 Å². The van der Waals surface area contributed by atoms with Gasteiger partial charge in [0, 0.05) is 0 Å². The second-order valence-corrected chi connectivity index (χ2v) is 6.33. The summed E-state index contributed by atoms with van der Waals surface area (Å²) in [6, 6.07) is 0. The van der Waals surface area contributed by atoms with Crippen molar-refractivity contribution in [3.8, 4) is 0 Å². The van der Waals surface area contributed by atoms with Crippen LogP contribution in [0.3, 0.4) is 0 Å². The van der Waals surface area contributed by atoms with E-state index in [1.807, 2.05) is 39.8 Å². The minimum atomic E-state index is -3.07. The van der Waals surface area contributed by atoms with Gasteiger partial charge in [0.05, 0.1) is 4.91 Å². The van der Waals surface area contributed by atoms with E-state index in [0.29, 0.717) is 10.8 Å². The van der Waals surface area contributed by atoms with Gasteiger partial charge in [0.15, 0.2) is 0 Å². The minimum absolute atomic E-state index is 0.0403. The van der Waals surface area contributed by atoms with Gasteiger partial charge in [0.25, 0.3) is 0 Å². The molecular formula is C14H31NO2S. The van der Waals surface area contributed by atoms with Crippen molar-refractivity contribution in [2.24, 2.45) is 16.5 Å². The number of hydrogen-bond donors (Lipinski definition) is 3. The summed E-state index contributed by atoms with van der Waals surface area (Å²) in [4.78, 5) is 0.451. The van der Waals surface area contributed by atoms with E-state index >= 15 is 0 Å². The first-order valence-electron chi connectivity index (χ1n) is 6.68. The van der Waals surface area contributed by atoms with Crippen LogP contribution in [0.25, 0.3) is 0 Å². The van der Waals surface area contributed by atoms with Gasteiger partial charge < -0.3 is 0 Å². The standard InChI is InChI=1S/C10H19NO2S.2C2H6/c1-8-4-5-9(14(11,12)13)7-10(2,3)6-8;2*1-2/h4-5,7-8,12-13H,6,11H2,1-3H3;2*1-2H3. The highest BCUT2D eigenvalue weighted by atomic mass is 32.3. The maximum atomic E-state index is 9.38. The van der Waals surface area contributed by atoms with Gasteiger partial charge >= 0.3 is 0 Å². The summed E-state index contributed by atoms with van der Waals surface area (Å²) in [7, 11) is -3.07. The van der Waals surface area contributed by atoms with Crippen LogP contribution in [0.4, 0.5) is 0 Å². The maximum Gasteiger partial charge on any atom is 0.0710 e. The van der Waals surface area contributed by atoms with Crippen LogP contribution in [-0.2, 0) is 0 Å². The molecule has 0 saturated heterocycles. The average molecular weight is 277 g/mol. The normalized spacial score (nSPS) is 22.6. The third kappa shape index (κ3) is 7.93. The molecule has 4 heteroatoms. The van der Waals surface area contributed by atoms with Gasteiger partial charge in [-0.3, -0.25) is 9.11 Å². The molecule has 3 nitrogen and oxygen atoms in total. The molecule has 4 N–H and O–H groups in total. The Balaban J connectivity index is 0. The molecule has 0 aromatic carbocycles. The van der Waals surface area contributed by atoms with Crippen LogP contribution < -0.4 is 5.14 Å². The Kier molecular flexibility index (Phi) is 9.74. The molecule has 0 amide bonds. The number of allylic oxidation sites excluding steroid dienone is 3. The topological polar surface area (TPSA) is 66.5 Å². The molecule has 0 spiro atoms. The zero-order valence-corrected chi connectivity index (χ0v) is 13.7.